The van der Waals surface area contributed by atoms with Gasteiger partial charge in [0.05, 0.1) is 24.2 Å². The van der Waals surface area contributed by atoms with Gasteiger partial charge in [-0.25, -0.2) is 14.4 Å². The van der Waals surface area contributed by atoms with Gasteiger partial charge in [-0.05, 0) is 35.9 Å². The van der Waals surface area contributed by atoms with Crippen molar-refractivity contribution in [2.24, 2.45) is 7.05 Å². The Morgan fingerprint density at radius 2 is 2.04 bits per heavy atom. The van der Waals surface area contributed by atoms with Crippen LogP contribution >= 0.6 is 0 Å². The maximum Gasteiger partial charge on any atom is 0.416 e. The van der Waals surface area contributed by atoms with Gasteiger partial charge in [0.15, 0.2) is 5.65 Å². The third kappa shape index (κ3) is 3.85. The lowest BCUT2D eigenvalue weighted by molar-refractivity contribution is -0.137. The van der Waals surface area contributed by atoms with Gasteiger partial charge in [-0.15, -0.1) is 0 Å². The van der Waals surface area contributed by atoms with Crippen LogP contribution in [0.2, 0.25) is 0 Å². The minimum absolute atomic E-state index is 0.203. The van der Waals surface area contributed by atoms with Crippen LogP contribution in [0.4, 0.5) is 17.6 Å². The van der Waals surface area contributed by atoms with Gasteiger partial charge in [-0.1, -0.05) is 0 Å². The molecule has 1 aromatic carbocycles. The second-order valence-electron chi connectivity index (χ2n) is 6.87. The summed E-state index contributed by atoms with van der Waals surface area (Å²) in [5.74, 6) is -0.891. The Hall–Kier alpha value is -2.52. The molecule has 0 bridgehead atoms. The van der Waals surface area contributed by atoms with E-state index in [4.69, 9.17) is 4.74 Å². The first-order chi connectivity index (χ1) is 13.3. The molecular weight excluding hydrogens is 376 g/mol. The quantitative estimate of drug-likeness (QED) is 0.636. The Balaban J connectivity index is 1.52. The molecular formula is C19H18F4N4O. The van der Waals surface area contributed by atoms with E-state index in [9.17, 15) is 17.6 Å². The molecule has 28 heavy (non-hydrogen) atoms. The Bertz CT molecular complexity index is 1000. The van der Waals surface area contributed by atoms with Crippen LogP contribution in [-0.4, -0.2) is 39.1 Å². The number of alkyl halides is 3. The van der Waals surface area contributed by atoms with Gasteiger partial charge in [0.2, 0.25) is 0 Å². The molecule has 1 atom stereocenters. The molecule has 1 aliphatic rings. The average molecular weight is 394 g/mol. The molecule has 0 N–H and O–H groups in total. The van der Waals surface area contributed by atoms with E-state index in [0.717, 1.165) is 29.0 Å². The van der Waals surface area contributed by atoms with Gasteiger partial charge in [0.1, 0.15) is 17.4 Å². The highest BCUT2D eigenvalue weighted by atomic mass is 19.4. The molecule has 1 fully saturated rings. The summed E-state index contributed by atoms with van der Waals surface area (Å²) < 4.78 is 60.1. The van der Waals surface area contributed by atoms with Crippen molar-refractivity contribution in [3.63, 3.8) is 0 Å². The molecule has 0 saturated carbocycles. The predicted molar refractivity (Wildman–Crippen MR) is 93.9 cm³/mol. The molecule has 0 radical (unpaired) electrons. The van der Waals surface area contributed by atoms with E-state index in [-0.39, 0.29) is 18.2 Å². The molecule has 4 rings (SSSR count). The van der Waals surface area contributed by atoms with Crippen LogP contribution < -0.4 is 0 Å². The number of halogens is 4. The molecule has 3 heterocycles. The minimum Gasteiger partial charge on any atom is -0.369 e. The fraction of sp³-hybridized carbons (Fsp3) is 0.368. The standard InChI is InChI=1S/C19H18F4N4O/c1-26-11-24-16-3-2-15(25-18(16)26)17-10-27(4-5-28-17)9-12-6-13(19(21,22)23)8-14(20)7-12/h2-3,6-8,11,17H,4-5,9-10H2,1H3/t17-/m0/s1. The number of morpholine rings is 1. The zero-order chi connectivity index (χ0) is 19.9. The Morgan fingerprint density at radius 1 is 1.21 bits per heavy atom. The number of hydrogen-bond acceptors (Lipinski definition) is 4. The van der Waals surface area contributed by atoms with E-state index >= 15 is 0 Å². The number of nitrogens with zero attached hydrogens (tertiary/aromatic N) is 4. The fourth-order valence-corrected chi connectivity index (χ4v) is 3.39. The SMILES string of the molecule is Cn1cnc2ccc([C@@H]3CN(Cc4cc(F)cc(C(F)(F)F)c4)CCO3)nc21. The van der Waals surface area contributed by atoms with Crippen LogP contribution in [0.25, 0.3) is 11.2 Å². The zero-order valence-electron chi connectivity index (χ0n) is 15.1. The highest BCUT2D eigenvalue weighted by molar-refractivity contribution is 5.70. The molecule has 5 nitrogen and oxygen atoms in total. The number of ether oxygens (including phenoxy) is 1. The van der Waals surface area contributed by atoms with Crippen LogP contribution in [0.5, 0.6) is 0 Å². The predicted octanol–water partition coefficient (Wildman–Crippen LogP) is 3.70. The van der Waals surface area contributed by atoms with Gasteiger partial charge in [-0.3, -0.25) is 4.90 Å². The minimum atomic E-state index is -4.58. The number of aryl methyl sites for hydroxylation is 1. The third-order valence-corrected chi connectivity index (χ3v) is 4.75. The molecule has 2 aromatic heterocycles. The molecule has 3 aromatic rings. The molecule has 0 unspecified atom stereocenters. The average Bonchev–Trinajstić information content (AvgIpc) is 3.01. The van der Waals surface area contributed by atoms with Crippen molar-refractivity contribution in [1.82, 2.24) is 19.4 Å². The highest BCUT2D eigenvalue weighted by Crippen LogP contribution is 2.31. The molecule has 0 amide bonds. The summed E-state index contributed by atoms with van der Waals surface area (Å²) >= 11 is 0. The van der Waals surface area contributed by atoms with Crippen LogP contribution in [0.3, 0.4) is 0 Å². The fourth-order valence-electron chi connectivity index (χ4n) is 3.39. The van der Waals surface area contributed by atoms with Crippen molar-refractivity contribution >= 4 is 11.2 Å². The Labute approximate surface area is 158 Å². The monoisotopic (exact) mass is 394 g/mol. The van der Waals surface area contributed by atoms with Crippen molar-refractivity contribution in [2.75, 3.05) is 19.7 Å². The normalized spacial score (nSPS) is 18.7. The van der Waals surface area contributed by atoms with E-state index in [1.54, 1.807) is 6.33 Å². The van der Waals surface area contributed by atoms with E-state index in [1.165, 1.54) is 0 Å². The van der Waals surface area contributed by atoms with Gasteiger partial charge >= 0.3 is 6.18 Å². The number of benzene rings is 1. The van der Waals surface area contributed by atoms with E-state index < -0.39 is 17.6 Å². The summed E-state index contributed by atoms with van der Waals surface area (Å²) in [6, 6.07) is 6.35. The Kier molecular flexibility index (Phi) is 4.80. The molecule has 0 spiro atoms. The summed E-state index contributed by atoms with van der Waals surface area (Å²) in [4.78, 5) is 10.8. The topological polar surface area (TPSA) is 43.2 Å². The Morgan fingerprint density at radius 3 is 2.82 bits per heavy atom. The first-order valence-corrected chi connectivity index (χ1v) is 8.78. The van der Waals surface area contributed by atoms with Crippen molar-refractivity contribution in [2.45, 2.75) is 18.8 Å². The summed E-state index contributed by atoms with van der Waals surface area (Å²) in [7, 11) is 1.85. The summed E-state index contributed by atoms with van der Waals surface area (Å²) in [5, 5.41) is 0. The lowest BCUT2D eigenvalue weighted by Crippen LogP contribution is -2.38. The number of rotatable bonds is 3. The number of fused-ring (bicyclic) bond motifs is 1. The van der Waals surface area contributed by atoms with Crippen molar-refractivity contribution in [1.29, 1.82) is 0 Å². The van der Waals surface area contributed by atoms with Crippen LogP contribution in [0.1, 0.15) is 22.9 Å². The van der Waals surface area contributed by atoms with E-state index in [2.05, 4.69) is 9.97 Å². The highest BCUT2D eigenvalue weighted by Gasteiger charge is 2.32. The van der Waals surface area contributed by atoms with Crippen LogP contribution in [-0.2, 0) is 24.5 Å². The maximum atomic E-state index is 13.6. The van der Waals surface area contributed by atoms with Gasteiger partial charge in [0, 0.05) is 26.7 Å². The smallest absolute Gasteiger partial charge is 0.369 e. The number of imidazole rings is 1. The number of hydrogen-bond donors (Lipinski definition) is 0. The first kappa shape index (κ1) is 18.8. The zero-order valence-corrected chi connectivity index (χ0v) is 15.1. The number of aromatic nitrogens is 3. The van der Waals surface area contributed by atoms with Gasteiger partial charge < -0.3 is 9.30 Å². The molecule has 0 aliphatic carbocycles. The molecule has 1 aliphatic heterocycles. The van der Waals surface area contributed by atoms with Crippen molar-refractivity contribution in [3.05, 3.63) is 59.3 Å². The second-order valence-corrected chi connectivity index (χ2v) is 6.87. The lowest BCUT2D eigenvalue weighted by Gasteiger charge is -2.32. The van der Waals surface area contributed by atoms with E-state index in [0.29, 0.717) is 25.8 Å². The first-order valence-electron chi connectivity index (χ1n) is 8.78. The summed E-state index contributed by atoms with van der Waals surface area (Å²) in [6.07, 6.45) is -3.21. The third-order valence-electron chi connectivity index (χ3n) is 4.75. The summed E-state index contributed by atoms with van der Waals surface area (Å²) in [5.41, 5.74) is 1.55. The maximum absolute atomic E-state index is 13.6. The van der Waals surface area contributed by atoms with Crippen LogP contribution in [0, 0.1) is 5.82 Å². The second kappa shape index (κ2) is 7.14. The lowest BCUT2D eigenvalue weighted by atomic mass is 10.1. The molecule has 9 heteroatoms. The molecule has 148 valence electrons. The largest absolute Gasteiger partial charge is 0.416 e. The number of pyridine rings is 1. The van der Waals surface area contributed by atoms with E-state index in [1.807, 2.05) is 28.6 Å². The van der Waals surface area contributed by atoms with Gasteiger partial charge in [-0.2, -0.15) is 13.2 Å². The van der Waals surface area contributed by atoms with Crippen molar-refractivity contribution in [3.8, 4) is 0 Å². The van der Waals surface area contributed by atoms with Crippen LogP contribution in [0.15, 0.2) is 36.7 Å². The van der Waals surface area contributed by atoms with Gasteiger partial charge in [0.25, 0.3) is 0 Å². The van der Waals surface area contributed by atoms with Crippen molar-refractivity contribution < 1.29 is 22.3 Å². The molecule has 1 saturated heterocycles. The summed E-state index contributed by atoms with van der Waals surface area (Å²) in [6.45, 7) is 1.61.